The Morgan fingerprint density at radius 2 is 1.90 bits per heavy atom. The van der Waals surface area contributed by atoms with E-state index in [1.165, 1.54) is 0 Å². The fourth-order valence-electron chi connectivity index (χ4n) is 1.55. The summed E-state index contributed by atoms with van der Waals surface area (Å²) in [5.74, 6) is -0.765. The number of rotatable bonds is 8. The molecule has 1 atom stereocenters. The van der Waals surface area contributed by atoms with Crippen LogP contribution in [0.2, 0.25) is 0 Å². The second-order valence-electron chi connectivity index (χ2n) is 4.50. The molecule has 0 heterocycles. The highest BCUT2D eigenvalue weighted by molar-refractivity contribution is 5.74. The maximum Gasteiger partial charge on any atom is 0.347 e. The van der Waals surface area contributed by atoms with Crippen molar-refractivity contribution in [2.24, 2.45) is 0 Å². The van der Waals surface area contributed by atoms with Gasteiger partial charge in [0.05, 0.1) is 13.0 Å². The number of carbonyl (C=O) groups is 2. The topological polar surface area (TPSA) is 72.8 Å². The zero-order valence-corrected chi connectivity index (χ0v) is 11.8. The molecule has 0 aliphatic rings. The Morgan fingerprint density at radius 1 is 1.25 bits per heavy atom. The zero-order valence-electron chi connectivity index (χ0n) is 11.8. The molecule has 0 amide bonds. The number of hydrogen-bond acceptors (Lipinski definition) is 4. The smallest absolute Gasteiger partial charge is 0.347 e. The largest absolute Gasteiger partial charge is 0.481 e. The number of hydrogen-bond donors (Lipinski definition) is 1. The van der Waals surface area contributed by atoms with Gasteiger partial charge in [0, 0.05) is 0 Å². The van der Waals surface area contributed by atoms with Gasteiger partial charge in [0.15, 0.2) is 6.10 Å². The van der Waals surface area contributed by atoms with Crippen molar-refractivity contribution in [2.45, 2.75) is 39.2 Å². The molecular formula is C15H20O5. The van der Waals surface area contributed by atoms with Crippen LogP contribution in [0.5, 0.6) is 5.75 Å². The van der Waals surface area contributed by atoms with E-state index in [1.807, 2.05) is 6.92 Å². The van der Waals surface area contributed by atoms with Crippen LogP contribution in [0.15, 0.2) is 24.3 Å². The first kappa shape index (κ1) is 16.0. The Balaban J connectivity index is 2.47. The summed E-state index contributed by atoms with van der Waals surface area (Å²) in [6.07, 6.45) is 1.09. The molecule has 0 aliphatic heterocycles. The SMILES string of the molecule is CCCCOC(=O)C(C)Oc1ccc(CC(=O)O)cc1. The molecule has 1 aromatic carbocycles. The van der Waals surface area contributed by atoms with E-state index in [0.29, 0.717) is 17.9 Å². The van der Waals surface area contributed by atoms with Gasteiger partial charge < -0.3 is 14.6 Å². The van der Waals surface area contributed by atoms with Crippen molar-refractivity contribution in [2.75, 3.05) is 6.61 Å². The van der Waals surface area contributed by atoms with E-state index >= 15 is 0 Å². The van der Waals surface area contributed by atoms with Crippen molar-refractivity contribution < 1.29 is 24.2 Å². The van der Waals surface area contributed by atoms with Gasteiger partial charge >= 0.3 is 11.9 Å². The molecule has 1 aromatic rings. The van der Waals surface area contributed by atoms with Crippen LogP contribution in [-0.2, 0) is 20.7 Å². The Labute approximate surface area is 118 Å². The summed E-state index contributed by atoms with van der Waals surface area (Å²) in [6.45, 7) is 4.05. The molecule has 5 heteroatoms. The van der Waals surface area contributed by atoms with E-state index in [2.05, 4.69) is 0 Å². The van der Waals surface area contributed by atoms with Crippen molar-refractivity contribution in [1.82, 2.24) is 0 Å². The van der Waals surface area contributed by atoms with Gasteiger partial charge in [0.1, 0.15) is 5.75 Å². The van der Waals surface area contributed by atoms with Gasteiger partial charge in [-0.3, -0.25) is 4.79 Å². The predicted molar refractivity (Wildman–Crippen MR) is 73.7 cm³/mol. The first-order chi connectivity index (χ1) is 9.52. The quantitative estimate of drug-likeness (QED) is 0.585. The van der Waals surface area contributed by atoms with E-state index < -0.39 is 18.0 Å². The summed E-state index contributed by atoms with van der Waals surface area (Å²) >= 11 is 0. The monoisotopic (exact) mass is 280 g/mol. The summed E-state index contributed by atoms with van der Waals surface area (Å²) in [6, 6.07) is 6.62. The van der Waals surface area contributed by atoms with Gasteiger partial charge in [0.25, 0.3) is 0 Å². The lowest BCUT2D eigenvalue weighted by atomic mass is 10.1. The zero-order chi connectivity index (χ0) is 15.0. The summed E-state index contributed by atoms with van der Waals surface area (Å²) in [4.78, 5) is 22.2. The minimum absolute atomic E-state index is 0.0328. The average Bonchev–Trinajstić information content (AvgIpc) is 2.40. The molecule has 0 aromatic heterocycles. The number of aliphatic carboxylic acids is 1. The molecule has 0 bridgehead atoms. The molecule has 110 valence electrons. The van der Waals surface area contributed by atoms with Gasteiger partial charge in [-0.15, -0.1) is 0 Å². The van der Waals surface area contributed by atoms with Gasteiger partial charge in [0.2, 0.25) is 0 Å². The Hall–Kier alpha value is -2.04. The number of ether oxygens (including phenoxy) is 2. The van der Waals surface area contributed by atoms with Gasteiger partial charge in [-0.1, -0.05) is 25.5 Å². The normalized spacial score (nSPS) is 11.7. The lowest BCUT2D eigenvalue weighted by Crippen LogP contribution is -2.26. The van der Waals surface area contributed by atoms with E-state index in [-0.39, 0.29) is 6.42 Å². The van der Waals surface area contributed by atoms with Crippen LogP contribution in [0.3, 0.4) is 0 Å². The molecular weight excluding hydrogens is 260 g/mol. The van der Waals surface area contributed by atoms with Crippen molar-refractivity contribution in [3.05, 3.63) is 29.8 Å². The Bertz CT molecular complexity index is 438. The molecule has 1 unspecified atom stereocenters. The molecule has 0 saturated heterocycles. The van der Waals surface area contributed by atoms with Crippen LogP contribution in [0.25, 0.3) is 0 Å². The third-order valence-electron chi connectivity index (χ3n) is 2.67. The van der Waals surface area contributed by atoms with Crippen molar-refractivity contribution in [1.29, 1.82) is 0 Å². The molecule has 0 saturated carbocycles. The van der Waals surface area contributed by atoms with Crippen LogP contribution in [-0.4, -0.2) is 29.8 Å². The van der Waals surface area contributed by atoms with E-state index in [9.17, 15) is 9.59 Å². The first-order valence-corrected chi connectivity index (χ1v) is 6.67. The predicted octanol–water partition coefficient (Wildman–Crippen LogP) is 2.42. The Morgan fingerprint density at radius 3 is 2.45 bits per heavy atom. The van der Waals surface area contributed by atoms with Crippen LogP contribution in [0.1, 0.15) is 32.3 Å². The molecule has 1 N–H and O–H groups in total. The fourth-order valence-corrected chi connectivity index (χ4v) is 1.55. The number of carboxylic acids is 1. The third kappa shape index (κ3) is 5.73. The third-order valence-corrected chi connectivity index (χ3v) is 2.67. The standard InChI is InChI=1S/C15H20O5/c1-3-4-9-19-15(18)11(2)20-13-7-5-12(6-8-13)10-14(16)17/h5-8,11H,3-4,9-10H2,1-2H3,(H,16,17). The lowest BCUT2D eigenvalue weighted by Gasteiger charge is -2.14. The van der Waals surface area contributed by atoms with E-state index in [1.54, 1.807) is 31.2 Å². The van der Waals surface area contributed by atoms with Crippen molar-refractivity contribution in [3.8, 4) is 5.75 Å². The van der Waals surface area contributed by atoms with Gasteiger partial charge in [-0.2, -0.15) is 0 Å². The van der Waals surface area contributed by atoms with Crippen molar-refractivity contribution in [3.63, 3.8) is 0 Å². The van der Waals surface area contributed by atoms with Crippen LogP contribution >= 0.6 is 0 Å². The summed E-state index contributed by atoms with van der Waals surface area (Å²) in [7, 11) is 0. The highest BCUT2D eigenvalue weighted by Gasteiger charge is 2.16. The Kier molecular flexibility index (Phi) is 6.56. The maximum atomic E-state index is 11.6. The molecule has 1 rings (SSSR count). The number of carbonyl (C=O) groups excluding carboxylic acids is 1. The second kappa shape index (κ2) is 8.19. The van der Waals surface area contributed by atoms with Gasteiger partial charge in [-0.05, 0) is 31.0 Å². The lowest BCUT2D eigenvalue weighted by molar-refractivity contribution is -0.151. The first-order valence-electron chi connectivity index (χ1n) is 6.67. The van der Waals surface area contributed by atoms with E-state index in [4.69, 9.17) is 14.6 Å². The minimum atomic E-state index is -0.883. The minimum Gasteiger partial charge on any atom is -0.481 e. The van der Waals surface area contributed by atoms with Gasteiger partial charge in [-0.25, -0.2) is 4.79 Å². The molecule has 0 radical (unpaired) electrons. The summed E-state index contributed by atoms with van der Waals surface area (Å²) < 4.78 is 10.5. The number of unbranched alkanes of at least 4 members (excludes halogenated alkanes) is 1. The molecule has 5 nitrogen and oxygen atoms in total. The van der Waals surface area contributed by atoms with E-state index in [0.717, 1.165) is 12.8 Å². The molecule has 20 heavy (non-hydrogen) atoms. The number of esters is 1. The van der Waals surface area contributed by atoms with Crippen LogP contribution in [0, 0.1) is 0 Å². The summed E-state index contributed by atoms with van der Waals surface area (Å²) in [5, 5.41) is 8.66. The summed E-state index contributed by atoms with van der Waals surface area (Å²) in [5.41, 5.74) is 0.683. The highest BCUT2D eigenvalue weighted by Crippen LogP contribution is 2.15. The molecule has 0 spiro atoms. The maximum absolute atomic E-state index is 11.6. The number of carboxylic acid groups (broad SMARTS) is 1. The highest BCUT2D eigenvalue weighted by atomic mass is 16.6. The second-order valence-corrected chi connectivity index (χ2v) is 4.50. The average molecular weight is 280 g/mol. The molecule has 0 fully saturated rings. The van der Waals surface area contributed by atoms with Crippen molar-refractivity contribution >= 4 is 11.9 Å². The van der Waals surface area contributed by atoms with Crippen LogP contribution in [0.4, 0.5) is 0 Å². The fraction of sp³-hybridized carbons (Fsp3) is 0.467. The molecule has 0 aliphatic carbocycles. The van der Waals surface area contributed by atoms with Crippen LogP contribution < -0.4 is 4.74 Å². The number of benzene rings is 1.